The fraction of sp³-hybridized carbons (Fsp3) is 0.214. The van der Waals surface area contributed by atoms with Crippen molar-refractivity contribution in [2.45, 2.75) is 19.0 Å². The molecule has 116 valence electrons. The highest BCUT2D eigenvalue weighted by atomic mass is 19.4. The third-order valence-corrected chi connectivity index (χ3v) is 2.64. The summed E-state index contributed by atoms with van der Waals surface area (Å²) in [6, 6.07) is 4.44. The number of nitrogens with zero attached hydrogens (tertiary/aromatic N) is 2. The quantitative estimate of drug-likeness (QED) is 0.917. The van der Waals surface area contributed by atoms with E-state index in [0.717, 1.165) is 12.1 Å². The summed E-state index contributed by atoms with van der Waals surface area (Å²) in [5, 5.41) is 8.54. The van der Waals surface area contributed by atoms with Gasteiger partial charge in [0.05, 0.1) is 24.4 Å². The minimum absolute atomic E-state index is 0.0108. The number of rotatable bonds is 5. The number of carbonyl (C=O) groups is 1. The molecule has 0 saturated heterocycles. The number of alkyl halides is 3. The van der Waals surface area contributed by atoms with Crippen LogP contribution in [0.15, 0.2) is 36.7 Å². The second kappa shape index (κ2) is 6.42. The Labute approximate surface area is 123 Å². The Morgan fingerprint density at radius 3 is 2.45 bits per heavy atom. The molecule has 1 heterocycles. The Morgan fingerprint density at radius 2 is 1.86 bits per heavy atom. The van der Waals surface area contributed by atoms with Crippen LogP contribution < -0.4 is 4.74 Å². The number of carboxylic acids is 1. The molecular weight excluding hydrogens is 301 g/mol. The van der Waals surface area contributed by atoms with Crippen LogP contribution in [0.1, 0.15) is 17.8 Å². The normalized spacial score (nSPS) is 11.2. The topological polar surface area (TPSA) is 72.3 Å². The number of halogens is 3. The van der Waals surface area contributed by atoms with Gasteiger partial charge in [-0.15, -0.1) is 0 Å². The third kappa shape index (κ3) is 4.44. The van der Waals surface area contributed by atoms with Crippen LogP contribution in [-0.2, 0) is 17.4 Å². The molecule has 0 saturated carbocycles. The molecule has 0 radical (unpaired) electrons. The molecule has 0 aliphatic carbocycles. The van der Waals surface area contributed by atoms with E-state index in [2.05, 4.69) is 9.97 Å². The van der Waals surface area contributed by atoms with E-state index in [1.165, 1.54) is 24.5 Å². The largest absolute Gasteiger partial charge is 0.481 e. The molecule has 0 fully saturated rings. The van der Waals surface area contributed by atoms with Gasteiger partial charge >= 0.3 is 12.1 Å². The highest BCUT2D eigenvalue weighted by molar-refractivity contribution is 5.66. The number of carboxylic acid groups (broad SMARTS) is 1. The second-order valence-corrected chi connectivity index (χ2v) is 4.36. The Kier molecular flexibility index (Phi) is 4.59. The summed E-state index contributed by atoms with van der Waals surface area (Å²) in [5.74, 6) is -0.471. The van der Waals surface area contributed by atoms with Crippen LogP contribution in [0.25, 0.3) is 0 Å². The highest BCUT2D eigenvalue weighted by Gasteiger charge is 2.30. The van der Waals surface area contributed by atoms with Gasteiger partial charge < -0.3 is 9.84 Å². The van der Waals surface area contributed by atoms with Gasteiger partial charge in [0.15, 0.2) is 5.75 Å². The average Bonchev–Trinajstić information content (AvgIpc) is 2.46. The van der Waals surface area contributed by atoms with E-state index in [0.29, 0.717) is 5.82 Å². The zero-order chi connectivity index (χ0) is 16.2. The fourth-order valence-electron chi connectivity index (χ4n) is 1.62. The summed E-state index contributed by atoms with van der Waals surface area (Å²) < 4.78 is 43.0. The van der Waals surface area contributed by atoms with E-state index < -0.39 is 17.7 Å². The van der Waals surface area contributed by atoms with Crippen molar-refractivity contribution in [2.75, 3.05) is 0 Å². The smallest absolute Gasteiger partial charge is 0.416 e. The third-order valence-electron chi connectivity index (χ3n) is 2.64. The van der Waals surface area contributed by atoms with Crippen LogP contribution in [0.4, 0.5) is 13.2 Å². The van der Waals surface area contributed by atoms with Crippen molar-refractivity contribution < 1.29 is 27.8 Å². The highest BCUT2D eigenvalue weighted by Crippen LogP contribution is 2.32. The summed E-state index contributed by atoms with van der Waals surface area (Å²) in [5.41, 5.74) is -0.816. The standard InChI is InChI=1S/C14H11F3N2O3/c15-14(16,17)9-2-1-3-10(6-9)22-11-7-18-12(19-8-11)4-5-13(20)21/h1-3,6-8H,4-5H2,(H,20,21). The van der Waals surface area contributed by atoms with E-state index >= 15 is 0 Å². The van der Waals surface area contributed by atoms with Crippen molar-refractivity contribution in [3.8, 4) is 11.5 Å². The molecule has 0 aliphatic rings. The summed E-state index contributed by atoms with van der Waals surface area (Å²) in [6.45, 7) is 0. The predicted octanol–water partition coefficient (Wildman–Crippen LogP) is 3.30. The molecule has 0 unspecified atom stereocenters. The van der Waals surface area contributed by atoms with Gasteiger partial charge in [-0.05, 0) is 18.2 Å². The monoisotopic (exact) mass is 312 g/mol. The van der Waals surface area contributed by atoms with E-state index in [9.17, 15) is 18.0 Å². The molecule has 0 aliphatic heterocycles. The van der Waals surface area contributed by atoms with Crippen molar-refractivity contribution in [3.05, 3.63) is 48.0 Å². The minimum Gasteiger partial charge on any atom is -0.481 e. The number of hydrogen-bond donors (Lipinski definition) is 1. The molecule has 2 rings (SSSR count). The van der Waals surface area contributed by atoms with Crippen molar-refractivity contribution in [3.63, 3.8) is 0 Å². The first kappa shape index (κ1) is 15.7. The molecule has 0 atom stereocenters. The van der Waals surface area contributed by atoms with Crippen molar-refractivity contribution >= 4 is 5.97 Å². The van der Waals surface area contributed by atoms with Gasteiger partial charge in [-0.2, -0.15) is 13.2 Å². The number of benzene rings is 1. The van der Waals surface area contributed by atoms with Crippen molar-refractivity contribution in [2.24, 2.45) is 0 Å². The van der Waals surface area contributed by atoms with Crippen molar-refractivity contribution in [1.29, 1.82) is 0 Å². The summed E-state index contributed by atoms with van der Waals surface area (Å²) in [4.78, 5) is 18.2. The van der Waals surface area contributed by atoms with Crippen LogP contribution in [0.5, 0.6) is 11.5 Å². The Bertz CT molecular complexity index is 657. The maximum atomic E-state index is 12.6. The molecule has 8 heteroatoms. The van der Waals surface area contributed by atoms with Crippen LogP contribution in [0.3, 0.4) is 0 Å². The molecule has 0 spiro atoms. The maximum Gasteiger partial charge on any atom is 0.416 e. The molecule has 5 nitrogen and oxygen atoms in total. The van der Waals surface area contributed by atoms with Gasteiger partial charge in [-0.3, -0.25) is 4.79 Å². The second-order valence-electron chi connectivity index (χ2n) is 4.36. The van der Waals surface area contributed by atoms with Gasteiger partial charge in [0.1, 0.15) is 11.6 Å². The number of aromatic nitrogens is 2. The molecule has 22 heavy (non-hydrogen) atoms. The zero-order valence-electron chi connectivity index (χ0n) is 11.2. The molecular formula is C14H11F3N2O3. The van der Waals surface area contributed by atoms with Gasteiger partial charge in [0.2, 0.25) is 0 Å². The van der Waals surface area contributed by atoms with E-state index in [1.807, 2.05) is 0 Å². The Balaban J connectivity index is 2.06. The Hall–Kier alpha value is -2.64. The fourth-order valence-corrected chi connectivity index (χ4v) is 1.62. The van der Waals surface area contributed by atoms with Gasteiger partial charge in [-0.1, -0.05) is 6.07 Å². The number of aryl methyl sites for hydroxylation is 1. The lowest BCUT2D eigenvalue weighted by Crippen LogP contribution is -2.04. The first-order valence-electron chi connectivity index (χ1n) is 6.22. The van der Waals surface area contributed by atoms with E-state index in [-0.39, 0.29) is 24.3 Å². The first-order chi connectivity index (χ1) is 10.3. The molecule has 1 N–H and O–H groups in total. The van der Waals surface area contributed by atoms with Gasteiger partial charge in [-0.25, -0.2) is 9.97 Å². The lowest BCUT2D eigenvalue weighted by Gasteiger charge is -2.09. The Morgan fingerprint density at radius 1 is 1.18 bits per heavy atom. The lowest BCUT2D eigenvalue weighted by atomic mass is 10.2. The summed E-state index contributed by atoms with van der Waals surface area (Å²) >= 11 is 0. The predicted molar refractivity (Wildman–Crippen MR) is 69.5 cm³/mol. The van der Waals surface area contributed by atoms with Gasteiger partial charge in [0, 0.05) is 6.42 Å². The minimum atomic E-state index is -4.45. The van der Waals surface area contributed by atoms with Gasteiger partial charge in [0.25, 0.3) is 0 Å². The number of aliphatic carboxylic acids is 1. The van der Waals surface area contributed by atoms with Crippen molar-refractivity contribution in [1.82, 2.24) is 9.97 Å². The van der Waals surface area contributed by atoms with E-state index in [4.69, 9.17) is 9.84 Å². The molecule has 1 aromatic carbocycles. The van der Waals surface area contributed by atoms with Crippen LogP contribution >= 0.6 is 0 Å². The first-order valence-corrected chi connectivity index (χ1v) is 6.22. The molecule has 1 aromatic heterocycles. The molecule has 2 aromatic rings. The summed E-state index contributed by atoms with van der Waals surface area (Å²) in [6.07, 6.45) is -1.82. The van der Waals surface area contributed by atoms with Crippen LogP contribution in [0, 0.1) is 0 Å². The van der Waals surface area contributed by atoms with Crippen LogP contribution in [0.2, 0.25) is 0 Å². The van der Waals surface area contributed by atoms with Crippen LogP contribution in [-0.4, -0.2) is 21.0 Å². The lowest BCUT2D eigenvalue weighted by molar-refractivity contribution is -0.138. The number of ether oxygens (including phenoxy) is 1. The average molecular weight is 312 g/mol. The number of hydrogen-bond acceptors (Lipinski definition) is 4. The molecule has 0 amide bonds. The summed E-state index contributed by atoms with van der Waals surface area (Å²) in [7, 11) is 0. The maximum absolute atomic E-state index is 12.6. The molecule has 0 bridgehead atoms. The van der Waals surface area contributed by atoms with E-state index in [1.54, 1.807) is 0 Å². The zero-order valence-corrected chi connectivity index (χ0v) is 11.2. The SMILES string of the molecule is O=C(O)CCc1ncc(Oc2cccc(C(F)(F)F)c2)cn1.